The van der Waals surface area contributed by atoms with E-state index in [1.54, 1.807) is 0 Å². The molecule has 1 saturated heterocycles. The van der Waals surface area contributed by atoms with Crippen molar-refractivity contribution in [1.29, 1.82) is 0 Å². The average molecular weight is 444 g/mol. The second-order valence-electron chi connectivity index (χ2n) is 9.71. The molecule has 2 N–H and O–H groups in total. The summed E-state index contributed by atoms with van der Waals surface area (Å²) in [6, 6.07) is 18.2. The van der Waals surface area contributed by atoms with Gasteiger partial charge < -0.3 is 15.2 Å². The lowest BCUT2D eigenvalue weighted by atomic mass is 9.84. The van der Waals surface area contributed by atoms with Gasteiger partial charge >= 0.3 is 0 Å². The number of aromatic nitrogens is 1. The standard InChI is InChI=1S/C28H33N3O2/c32-27(22-9-6-10-22)30-26(18-23-19-29-25-12-5-4-11-24(23)25)28(33)31-15-13-21(14-16-31)17-20-7-2-1-3-8-20/h1-5,7-8,11-12,19,21-22,26,29H,6,9-10,13-18H2,(H,30,32). The summed E-state index contributed by atoms with van der Waals surface area (Å²) < 4.78 is 0. The molecule has 1 aliphatic carbocycles. The van der Waals surface area contributed by atoms with Crippen molar-refractivity contribution in [1.82, 2.24) is 15.2 Å². The summed E-state index contributed by atoms with van der Waals surface area (Å²) in [4.78, 5) is 31.6. The van der Waals surface area contributed by atoms with Crippen LogP contribution in [0.15, 0.2) is 60.8 Å². The quantitative estimate of drug-likeness (QED) is 0.566. The molecule has 1 saturated carbocycles. The fraction of sp³-hybridized carbons (Fsp3) is 0.429. The molecule has 1 aliphatic heterocycles. The van der Waals surface area contributed by atoms with Gasteiger partial charge in [0, 0.05) is 42.5 Å². The molecule has 0 bridgehead atoms. The van der Waals surface area contributed by atoms with Crippen LogP contribution < -0.4 is 5.32 Å². The predicted molar refractivity (Wildman–Crippen MR) is 131 cm³/mol. The van der Waals surface area contributed by atoms with Gasteiger partial charge in [0.2, 0.25) is 11.8 Å². The lowest BCUT2D eigenvalue weighted by molar-refractivity contribution is -0.139. The molecule has 172 valence electrons. The normalized spacial score (nSPS) is 18.1. The van der Waals surface area contributed by atoms with E-state index in [1.807, 2.05) is 29.3 Å². The Kier molecular flexibility index (Phi) is 6.47. The van der Waals surface area contributed by atoms with E-state index in [2.05, 4.69) is 46.7 Å². The van der Waals surface area contributed by atoms with Gasteiger partial charge in [-0.15, -0.1) is 0 Å². The summed E-state index contributed by atoms with van der Waals surface area (Å²) in [6.45, 7) is 1.53. The van der Waals surface area contributed by atoms with Crippen LogP contribution in [0.5, 0.6) is 0 Å². The molecule has 0 radical (unpaired) electrons. The highest BCUT2D eigenvalue weighted by atomic mass is 16.2. The Bertz CT molecular complexity index is 1090. The molecule has 1 atom stereocenters. The van der Waals surface area contributed by atoms with Gasteiger partial charge in [0.25, 0.3) is 0 Å². The fourth-order valence-electron chi connectivity index (χ4n) is 5.21. The molecule has 2 aromatic carbocycles. The minimum Gasteiger partial charge on any atom is -0.361 e. The van der Waals surface area contributed by atoms with Crippen LogP contribution in [0.1, 0.15) is 43.2 Å². The monoisotopic (exact) mass is 443 g/mol. The smallest absolute Gasteiger partial charge is 0.245 e. The van der Waals surface area contributed by atoms with Crippen LogP contribution in [0.25, 0.3) is 10.9 Å². The molecule has 5 nitrogen and oxygen atoms in total. The first kappa shape index (κ1) is 21.7. The number of carbonyl (C=O) groups excluding carboxylic acids is 2. The number of para-hydroxylation sites is 1. The first-order chi connectivity index (χ1) is 16.2. The Labute approximate surface area is 195 Å². The fourth-order valence-corrected chi connectivity index (χ4v) is 5.21. The highest BCUT2D eigenvalue weighted by Gasteiger charge is 2.33. The SMILES string of the molecule is O=C(NC(Cc1c[nH]c2ccccc12)C(=O)N1CCC(Cc2ccccc2)CC1)C1CCC1. The highest BCUT2D eigenvalue weighted by Crippen LogP contribution is 2.28. The van der Waals surface area contributed by atoms with Crippen molar-refractivity contribution in [2.45, 2.75) is 51.0 Å². The van der Waals surface area contributed by atoms with Gasteiger partial charge in [0.05, 0.1) is 0 Å². The number of aromatic amines is 1. The van der Waals surface area contributed by atoms with Gasteiger partial charge in [0.1, 0.15) is 6.04 Å². The highest BCUT2D eigenvalue weighted by molar-refractivity contribution is 5.90. The molecular formula is C28H33N3O2. The molecule has 33 heavy (non-hydrogen) atoms. The molecule has 0 spiro atoms. The van der Waals surface area contributed by atoms with Crippen LogP contribution in [-0.4, -0.2) is 40.8 Å². The molecule has 5 heteroatoms. The number of hydrogen-bond acceptors (Lipinski definition) is 2. The van der Waals surface area contributed by atoms with Crippen LogP contribution in [0, 0.1) is 11.8 Å². The molecule has 1 unspecified atom stereocenters. The number of nitrogens with zero attached hydrogens (tertiary/aromatic N) is 1. The molecule has 1 aromatic heterocycles. The Morgan fingerprint density at radius 1 is 0.970 bits per heavy atom. The summed E-state index contributed by atoms with van der Waals surface area (Å²) in [6.07, 6.45) is 8.56. The number of carbonyl (C=O) groups is 2. The second kappa shape index (κ2) is 9.82. The minimum atomic E-state index is -0.511. The molecule has 2 aliphatic rings. The average Bonchev–Trinajstić information content (AvgIpc) is 3.21. The molecule has 2 amide bonds. The number of hydrogen-bond donors (Lipinski definition) is 2. The summed E-state index contributed by atoms with van der Waals surface area (Å²) in [5.41, 5.74) is 3.51. The number of H-pyrrole nitrogens is 1. The molecular weight excluding hydrogens is 410 g/mol. The van der Waals surface area contributed by atoms with Gasteiger partial charge in [-0.3, -0.25) is 9.59 Å². The Hall–Kier alpha value is -3.08. The van der Waals surface area contributed by atoms with E-state index in [0.29, 0.717) is 12.3 Å². The molecule has 2 fully saturated rings. The second-order valence-corrected chi connectivity index (χ2v) is 9.71. The first-order valence-electron chi connectivity index (χ1n) is 12.4. The van der Waals surface area contributed by atoms with Crippen molar-refractivity contribution < 1.29 is 9.59 Å². The lowest BCUT2D eigenvalue weighted by Crippen LogP contribution is -2.53. The predicted octanol–water partition coefficient (Wildman–Crippen LogP) is 4.48. The van der Waals surface area contributed by atoms with E-state index >= 15 is 0 Å². The number of amides is 2. The van der Waals surface area contributed by atoms with Crippen molar-refractivity contribution >= 4 is 22.7 Å². The van der Waals surface area contributed by atoms with Gasteiger partial charge in [-0.05, 0) is 55.2 Å². The Balaban J connectivity index is 1.26. The molecule has 3 aromatic rings. The summed E-state index contributed by atoms with van der Waals surface area (Å²) in [7, 11) is 0. The van der Waals surface area contributed by atoms with Gasteiger partial charge in [-0.2, -0.15) is 0 Å². The summed E-state index contributed by atoms with van der Waals surface area (Å²) in [5.74, 6) is 0.775. The zero-order chi connectivity index (χ0) is 22.6. The Morgan fingerprint density at radius 2 is 1.70 bits per heavy atom. The van der Waals surface area contributed by atoms with E-state index in [4.69, 9.17) is 0 Å². The molecule has 5 rings (SSSR count). The number of piperidine rings is 1. The van der Waals surface area contributed by atoms with Crippen molar-refractivity contribution in [2.75, 3.05) is 13.1 Å². The number of nitrogens with one attached hydrogen (secondary N) is 2. The van der Waals surface area contributed by atoms with Gasteiger partial charge in [-0.25, -0.2) is 0 Å². The van der Waals surface area contributed by atoms with Gasteiger partial charge in [-0.1, -0.05) is 55.0 Å². The number of benzene rings is 2. The van der Waals surface area contributed by atoms with Crippen LogP contribution in [0.2, 0.25) is 0 Å². The van der Waals surface area contributed by atoms with Crippen molar-refractivity contribution in [3.05, 3.63) is 71.9 Å². The largest absolute Gasteiger partial charge is 0.361 e. The summed E-state index contributed by atoms with van der Waals surface area (Å²) in [5, 5.41) is 4.25. The third-order valence-corrected chi connectivity index (χ3v) is 7.48. The number of fused-ring (bicyclic) bond motifs is 1. The van der Waals surface area contributed by atoms with E-state index in [0.717, 1.165) is 68.1 Å². The van der Waals surface area contributed by atoms with E-state index < -0.39 is 6.04 Å². The topological polar surface area (TPSA) is 65.2 Å². The third-order valence-electron chi connectivity index (χ3n) is 7.48. The van der Waals surface area contributed by atoms with E-state index in [9.17, 15) is 9.59 Å². The van der Waals surface area contributed by atoms with Gasteiger partial charge in [0.15, 0.2) is 0 Å². The zero-order valence-corrected chi connectivity index (χ0v) is 19.1. The van der Waals surface area contributed by atoms with Crippen LogP contribution in [0.3, 0.4) is 0 Å². The van der Waals surface area contributed by atoms with Crippen LogP contribution in [-0.2, 0) is 22.4 Å². The Morgan fingerprint density at radius 3 is 2.42 bits per heavy atom. The van der Waals surface area contributed by atoms with Crippen LogP contribution >= 0.6 is 0 Å². The maximum atomic E-state index is 13.6. The number of rotatable bonds is 7. The lowest BCUT2D eigenvalue weighted by Gasteiger charge is -2.35. The van der Waals surface area contributed by atoms with Crippen LogP contribution in [0.4, 0.5) is 0 Å². The first-order valence-corrected chi connectivity index (χ1v) is 12.4. The maximum Gasteiger partial charge on any atom is 0.245 e. The van der Waals surface area contributed by atoms with Crippen molar-refractivity contribution in [2.24, 2.45) is 11.8 Å². The summed E-state index contributed by atoms with van der Waals surface area (Å²) >= 11 is 0. The minimum absolute atomic E-state index is 0.0402. The van der Waals surface area contributed by atoms with Crippen molar-refractivity contribution in [3.63, 3.8) is 0 Å². The molecule has 2 heterocycles. The van der Waals surface area contributed by atoms with Crippen molar-refractivity contribution in [3.8, 4) is 0 Å². The maximum absolute atomic E-state index is 13.6. The third kappa shape index (κ3) is 4.97. The van der Waals surface area contributed by atoms with E-state index in [1.165, 1.54) is 5.56 Å². The number of likely N-dealkylation sites (tertiary alicyclic amines) is 1. The van der Waals surface area contributed by atoms with E-state index in [-0.39, 0.29) is 17.7 Å². The zero-order valence-electron chi connectivity index (χ0n) is 19.1.